The molecule has 0 amide bonds. The molecule has 1 aliphatic heterocycles. The molecule has 1 aliphatic rings. The molecule has 0 radical (unpaired) electrons. The zero-order valence-electron chi connectivity index (χ0n) is 51.2. The van der Waals surface area contributed by atoms with Crippen molar-refractivity contribution in [1.29, 1.82) is 0 Å². The summed E-state index contributed by atoms with van der Waals surface area (Å²) >= 11 is 0. The first kappa shape index (κ1) is 75.8. The van der Waals surface area contributed by atoms with Gasteiger partial charge in [0.15, 0.2) is 6.10 Å². The third-order valence-corrected chi connectivity index (χ3v) is 14.0. The van der Waals surface area contributed by atoms with Crippen LogP contribution in [-0.2, 0) is 60.7 Å². The highest BCUT2D eigenvalue weighted by atomic mass is 16.6. The number of carbonyl (C=O) groups excluding carboxylic acids is 6. The Bertz CT molecular complexity index is 1650. The zero-order valence-corrected chi connectivity index (χ0v) is 51.2. The molecule has 2 rings (SSSR count). The molecule has 0 fully saturated rings. The molecule has 1 aromatic carbocycles. The molecule has 0 aliphatic carbocycles. The summed E-state index contributed by atoms with van der Waals surface area (Å²) in [7, 11) is 6.01. The second-order valence-electron chi connectivity index (χ2n) is 20.8. The maximum atomic E-state index is 12.1. The van der Waals surface area contributed by atoms with Crippen LogP contribution < -0.4 is 9.47 Å². The van der Waals surface area contributed by atoms with E-state index >= 15 is 0 Å². The summed E-state index contributed by atoms with van der Waals surface area (Å²) in [6.07, 6.45) is 49.1. The Labute approximate surface area is 475 Å². The maximum Gasteiger partial charge on any atom is 0.342 e. The van der Waals surface area contributed by atoms with Gasteiger partial charge in [-0.3, -0.25) is 14.4 Å². The summed E-state index contributed by atoms with van der Waals surface area (Å²) < 4.78 is 35.6. The van der Waals surface area contributed by atoms with Gasteiger partial charge < -0.3 is 42.7 Å². The predicted octanol–water partition coefficient (Wildman–Crippen LogP) is 16.9. The highest BCUT2D eigenvalue weighted by Crippen LogP contribution is 2.42. The number of unbranched alkanes of at least 4 members (excludes halogenated alkanes) is 31. The number of cyclic esters (lactones) is 1. The first-order valence-electron chi connectivity index (χ1n) is 30.8. The molecule has 1 aromatic rings. The molecule has 0 N–H and O–H groups in total. The van der Waals surface area contributed by atoms with Crippen molar-refractivity contribution >= 4 is 37.0 Å². The van der Waals surface area contributed by atoms with Gasteiger partial charge in [-0.1, -0.05) is 219 Å². The molecule has 1 unspecified atom stereocenters. The Morgan fingerprint density at radius 1 is 0.538 bits per heavy atom. The van der Waals surface area contributed by atoms with Gasteiger partial charge in [-0.15, -0.1) is 0 Å². The lowest BCUT2D eigenvalue weighted by Gasteiger charge is -2.18. The Morgan fingerprint density at radius 2 is 0.962 bits per heavy atom. The number of rotatable bonds is 48. The van der Waals surface area contributed by atoms with Crippen molar-refractivity contribution in [2.45, 2.75) is 291 Å². The molecule has 1 atom stereocenters. The SMILES string of the molecule is CCCCCCCCCCCCC.CCCCCCCCCCCCCCCC=O.COC(=O)CC/C(C)=C/Cc1c(OC)c(C)c2c(c1OC)C(=O)OC2.COCC(COC=O)OC(=O)CCCCCCCCCCC=O. The topological polar surface area (TPSA) is 167 Å². The average molecular weight is 1100 g/mol. The van der Waals surface area contributed by atoms with E-state index in [1.165, 1.54) is 182 Å². The molecular formula is C65H114O13. The van der Waals surface area contributed by atoms with E-state index in [2.05, 4.69) is 30.2 Å². The number of esters is 3. The zero-order chi connectivity index (χ0) is 58.1. The third kappa shape index (κ3) is 42.7. The Balaban J connectivity index is 0. The van der Waals surface area contributed by atoms with Crippen molar-refractivity contribution in [3.8, 4) is 11.5 Å². The van der Waals surface area contributed by atoms with E-state index in [9.17, 15) is 28.8 Å². The largest absolute Gasteiger partial charge is 0.496 e. The number of methoxy groups -OCH3 is 4. The number of benzene rings is 1. The number of hydrogen-bond acceptors (Lipinski definition) is 13. The molecule has 0 aromatic heterocycles. The first-order valence-corrected chi connectivity index (χ1v) is 30.8. The molecule has 0 saturated carbocycles. The lowest BCUT2D eigenvalue weighted by Crippen LogP contribution is -2.27. The molecule has 13 nitrogen and oxygen atoms in total. The van der Waals surface area contributed by atoms with Crippen LogP contribution >= 0.6 is 0 Å². The van der Waals surface area contributed by atoms with Crippen molar-refractivity contribution in [2.75, 3.05) is 41.7 Å². The Kier molecular flexibility index (Phi) is 55.8. The predicted molar refractivity (Wildman–Crippen MR) is 317 cm³/mol. The second kappa shape index (κ2) is 57.4. The van der Waals surface area contributed by atoms with E-state index in [0.717, 1.165) is 86.2 Å². The standard InChI is InChI=1S/C19H24O6.C17H30O6.C16H32O.C13H28/c1-11(7-9-15(20)22-3)6-8-13-17(23-4)12(2)14-10-25-19(21)16(14)18(13)24-5;1-21-13-16(14-22-15-19)23-17(20)11-9-7-5-3-2-4-6-8-10-12-18;1-2-3-4-5-6-7-8-9-10-11-12-13-14-15-16-17;1-3-5-7-9-11-13-12-10-8-6-4-2/h6H,7-10H2,1-5H3;12,15-16H,2-11,13-14H2,1H3;16H,2-15H2,1H3;3-13H2,1-2H3/b11-6+;;;. The van der Waals surface area contributed by atoms with Gasteiger partial charge in [-0.2, -0.15) is 0 Å². The van der Waals surface area contributed by atoms with Gasteiger partial charge in [-0.05, 0) is 51.5 Å². The van der Waals surface area contributed by atoms with Crippen LogP contribution in [0.5, 0.6) is 11.5 Å². The molecule has 78 heavy (non-hydrogen) atoms. The van der Waals surface area contributed by atoms with Gasteiger partial charge in [0.1, 0.15) is 42.8 Å². The van der Waals surface area contributed by atoms with Gasteiger partial charge in [0, 0.05) is 43.9 Å². The van der Waals surface area contributed by atoms with Crippen LogP contribution in [0, 0.1) is 6.92 Å². The average Bonchev–Trinajstić information content (AvgIpc) is 3.84. The molecule has 0 spiro atoms. The molecule has 0 saturated heterocycles. The highest BCUT2D eigenvalue weighted by molar-refractivity contribution is 5.98. The van der Waals surface area contributed by atoms with Crippen LogP contribution in [0.25, 0.3) is 0 Å². The van der Waals surface area contributed by atoms with Crippen molar-refractivity contribution in [1.82, 2.24) is 0 Å². The van der Waals surface area contributed by atoms with Crippen molar-refractivity contribution in [2.24, 2.45) is 0 Å². The number of carbonyl (C=O) groups is 6. The highest BCUT2D eigenvalue weighted by Gasteiger charge is 2.32. The van der Waals surface area contributed by atoms with E-state index in [4.69, 9.17) is 23.7 Å². The smallest absolute Gasteiger partial charge is 0.342 e. The van der Waals surface area contributed by atoms with Crippen molar-refractivity contribution in [3.63, 3.8) is 0 Å². The molecule has 452 valence electrons. The summed E-state index contributed by atoms with van der Waals surface area (Å²) in [5, 5.41) is 0. The van der Waals surface area contributed by atoms with E-state index in [1.807, 2.05) is 19.9 Å². The summed E-state index contributed by atoms with van der Waals surface area (Å²) in [5.74, 6) is 0.308. The van der Waals surface area contributed by atoms with E-state index in [1.54, 1.807) is 7.11 Å². The normalized spacial score (nSPS) is 11.8. The summed E-state index contributed by atoms with van der Waals surface area (Å²) in [5.41, 5.74) is 4.04. The molecule has 0 bridgehead atoms. The minimum Gasteiger partial charge on any atom is -0.496 e. The monoisotopic (exact) mass is 1100 g/mol. The molecule has 1 heterocycles. The quantitative estimate of drug-likeness (QED) is 0.0199. The fraction of sp³-hybridized carbons (Fsp3) is 0.785. The molecular weight excluding hydrogens is 989 g/mol. The van der Waals surface area contributed by atoms with Gasteiger partial charge in [0.25, 0.3) is 6.47 Å². The van der Waals surface area contributed by atoms with E-state index < -0.39 is 6.10 Å². The Morgan fingerprint density at radius 3 is 1.35 bits per heavy atom. The van der Waals surface area contributed by atoms with Crippen LogP contribution in [0.15, 0.2) is 11.6 Å². The van der Waals surface area contributed by atoms with Crippen LogP contribution in [0.1, 0.15) is 292 Å². The van der Waals surface area contributed by atoms with Crippen LogP contribution in [0.4, 0.5) is 0 Å². The number of allylic oxidation sites excluding steroid dienone is 2. The van der Waals surface area contributed by atoms with Crippen molar-refractivity contribution in [3.05, 3.63) is 33.9 Å². The van der Waals surface area contributed by atoms with Gasteiger partial charge in [0.2, 0.25) is 0 Å². The summed E-state index contributed by atoms with van der Waals surface area (Å²) in [4.78, 5) is 65.4. The van der Waals surface area contributed by atoms with Crippen LogP contribution in [-0.4, -0.2) is 84.7 Å². The molecule has 13 heteroatoms. The summed E-state index contributed by atoms with van der Waals surface area (Å²) in [6, 6.07) is 0. The Hall–Kier alpha value is -4.26. The maximum absolute atomic E-state index is 12.1. The van der Waals surface area contributed by atoms with Crippen molar-refractivity contribution < 1.29 is 61.9 Å². The number of aldehydes is 2. The van der Waals surface area contributed by atoms with Gasteiger partial charge in [0.05, 0.1) is 27.9 Å². The number of fused-ring (bicyclic) bond motifs is 1. The van der Waals surface area contributed by atoms with E-state index in [0.29, 0.717) is 55.6 Å². The fourth-order valence-corrected chi connectivity index (χ4v) is 9.25. The number of ether oxygens (including phenoxy) is 7. The van der Waals surface area contributed by atoms with Crippen LogP contribution in [0.3, 0.4) is 0 Å². The fourth-order valence-electron chi connectivity index (χ4n) is 9.25. The minimum absolute atomic E-state index is 0.0210. The van der Waals surface area contributed by atoms with Crippen LogP contribution in [0.2, 0.25) is 0 Å². The minimum atomic E-state index is -0.538. The van der Waals surface area contributed by atoms with Gasteiger partial charge in [-0.25, -0.2) is 4.79 Å². The lowest BCUT2D eigenvalue weighted by molar-refractivity contribution is -0.157. The first-order chi connectivity index (χ1) is 38.0. The van der Waals surface area contributed by atoms with E-state index in [-0.39, 0.29) is 37.7 Å². The number of hydrogen-bond donors (Lipinski definition) is 0. The van der Waals surface area contributed by atoms with Gasteiger partial charge >= 0.3 is 17.9 Å². The lowest BCUT2D eigenvalue weighted by atomic mass is 9.94. The second-order valence-corrected chi connectivity index (χ2v) is 20.8. The summed E-state index contributed by atoms with van der Waals surface area (Å²) in [6.45, 7) is 11.5. The third-order valence-electron chi connectivity index (χ3n) is 14.0.